The highest BCUT2D eigenvalue weighted by atomic mass is 16.5. The Morgan fingerprint density at radius 1 is 1.08 bits per heavy atom. The summed E-state index contributed by atoms with van der Waals surface area (Å²) in [4.78, 5) is 24.1. The average Bonchev–Trinajstić information content (AvgIpc) is 3.19. The highest BCUT2D eigenvalue weighted by Gasteiger charge is 2.50. The largest absolute Gasteiger partial charge is 0.480 e. The summed E-state index contributed by atoms with van der Waals surface area (Å²) in [5, 5.41) is 9.40. The van der Waals surface area contributed by atoms with E-state index in [0.29, 0.717) is 19.3 Å². The number of benzene rings is 2. The number of hydrogen-bond donors (Lipinski definition) is 2. The lowest BCUT2D eigenvalue weighted by Gasteiger charge is -2.25. The van der Waals surface area contributed by atoms with Gasteiger partial charge in [-0.25, -0.2) is 0 Å². The molecule has 0 saturated heterocycles. The zero-order valence-corrected chi connectivity index (χ0v) is 14.4. The first-order valence-corrected chi connectivity index (χ1v) is 8.89. The molecule has 3 N–H and O–H groups in total. The molecule has 0 heterocycles. The number of nitrogens with two attached hydrogens (primary N) is 1. The summed E-state index contributed by atoms with van der Waals surface area (Å²) in [7, 11) is 0. The third-order valence-electron chi connectivity index (χ3n) is 5.74. The topological polar surface area (TPSA) is 89.6 Å². The molecule has 134 valence electrons. The van der Waals surface area contributed by atoms with E-state index in [9.17, 15) is 14.7 Å². The number of carbonyl (C=O) groups excluding carboxylic acids is 1. The third kappa shape index (κ3) is 2.51. The van der Waals surface area contributed by atoms with Crippen molar-refractivity contribution in [2.24, 2.45) is 11.7 Å². The van der Waals surface area contributed by atoms with E-state index in [1.807, 2.05) is 36.4 Å². The van der Waals surface area contributed by atoms with Crippen molar-refractivity contribution in [1.82, 2.24) is 0 Å². The average molecular weight is 351 g/mol. The van der Waals surface area contributed by atoms with Gasteiger partial charge in [0, 0.05) is 5.92 Å². The molecule has 5 heteroatoms. The molecule has 2 aliphatic carbocycles. The van der Waals surface area contributed by atoms with Crippen molar-refractivity contribution >= 4 is 11.9 Å². The number of carbonyl (C=O) groups is 2. The van der Waals surface area contributed by atoms with Gasteiger partial charge in [0.25, 0.3) is 0 Å². The smallest absolute Gasteiger partial charge is 0.324 e. The van der Waals surface area contributed by atoms with Crippen LogP contribution in [-0.4, -0.2) is 29.2 Å². The van der Waals surface area contributed by atoms with Gasteiger partial charge in [-0.15, -0.1) is 0 Å². The predicted molar refractivity (Wildman–Crippen MR) is 96.6 cm³/mol. The van der Waals surface area contributed by atoms with Crippen molar-refractivity contribution in [2.75, 3.05) is 6.61 Å². The molecule has 1 saturated carbocycles. The van der Waals surface area contributed by atoms with Crippen molar-refractivity contribution < 1.29 is 19.4 Å². The van der Waals surface area contributed by atoms with Gasteiger partial charge in [-0.1, -0.05) is 55.0 Å². The second-order valence-electron chi connectivity index (χ2n) is 7.15. The van der Waals surface area contributed by atoms with Crippen LogP contribution < -0.4 is 5.73 Å². The Hall–Kier alpha value is -2.66. The zero-order valence-electron chi connectivity index (χ0n) is 14.4. The van der Waals surface area contributed by atoms with Crippen molar-refractivity contribution in [1.29, 1.82) is 0 Å². The maximum Gasteiger partial charge on any atom is 0.324 e. The van der Waals surface area contributed by atoms with Crippen LogP contribution in [0.15, 0.2) is 48.5 Å². The molecule has 2 aliphatic rings. The van der Waals surface area contributed by atoms with Crippen molar-refractivity contribution in [2.45, 2.75) is 30.7 Å². The van der Waals surface area contributed by atoms with Crippen LogP contribution in [0.2, 0.25) is 0 Å². The van der Waals surface area contributed by atoms with E-state index in [4.69, 9.17) is 10.5 Å². The van der Waals surface area contributed by atoms with Crippen LogP contribution in [0.5, 0.6) is 0 Å². The summed E-state index contributed by atoms with van der Waals surface area (Å²) in [5.74, 6) is -2.46. The molecule has 2 aromatic carbocycles. The number of fused-ring (bicyclic) bond motifs is 3. The second-order valence-corrected chi connectivity index (χ2v) is 7.15. The highest BCUT2D eigenvalue weighted by molar-refractivity contribution is 5.88. The summed E-state index contributed by atoms with van der Waals surface area (Å²) < 4.78 is 5.59. The maximum absolute atomic E-state index is 12.6. The Morgan fingerprint density at radius 2 is 1.65 bits per heavy atom. The Bertz CT molecular complexity index is 832. The Morgan fingerprint density at radius 3 is 2.23 bits per heavy atom. The molecule has 0 aliphatic heterocycles. The van der Waals surface area contributed by atoms with Crippen LogP contribution in [0, 0.1) is 5.92 Å². The van der Waals surface area contributed by atoms with Gasteiger partial charge >= 0.3 is 11.9 Å². The molecule has 4 rings (SSSR count). The van der Waals surface area contributed by atoms with E-state index < -0.39 is 23.4 Å². The Balaban J connectivity index is 1.55. The number of carboxylic acids is 1. The summed E-state index contributed by atoms with van der Waals surface area (Å²) in [6, 6.07) is 16.2. The van der Waals surface area contributed by atoms with E-state index >= 15 is 0 Å². The molecule has 0 amide bonds. The van der Waals surface area contributed by atoms with Crippen LogP contribution in [0.25, 0.3) is 11.1 Å². The number of aliphatic carboxylic acids is 1. The molecule has 0 radical (unpaired) electrons. The summed E-state index contributed by atoms with van der Waals surface area (Å²) in [5.41, 5.74) is 9.04. The van der Waals surface area contributed by atoms with Crippen LogP contribution in [-0.2, 0) is 14.3 Å². The lowest BCUT2D eigenvalue weighted by molar-refractivity contribution is -0.158. The summed E-state index contributed by atoms with van der Waals surface area (Å²) in [6.07, 6.45) is 1.38. The molecule has 2 atom stereocenters. The number of esters is 1. The van der Waals surface area contributed by atoms with Gasteiger partial charge in [0.05, 0.1) is 5.92 Å². The minimum Gasteiger partial charge on any atom is -0.480 e. The summed E-state index contributed by atoms with van der Waals surface area (Å²) >= 11 is 0. The lowest BCUT2D eigenvalue weighted by atomic mass is 9.88. The molecule has 1 fully saturated rings. The SMILES string of the molecule is N[C@@]1(C(=O)O)CCC[C@@H]1C(=O)OCC1c2ccccc2-c2ccccc21. The van der Waals surface area contributed by atoms with Crippen molar-refractivity contribution in [3.8, 4) is 11.1 Å². The number of ether oxygens (including phenoxy) is 1. The molecule has 26 heavy (non-hydrogen) atoms. The summed E-state index contributed by atoms with van der Waals surface area (Å²) in [6.45, 7) is 0.194. The maximum atomic E-state index is 12.6. The molecule has 0 aromatic heterocycles. The first-order chi connectivity index (χ1) is 12.5. The van der Waals surface area contributed by atoms with Gasteiger partial charge in [0.1, 0.15) is 12.1 Å². The van der Waals surface area contributed by atoms with E-state index in [0.717, 1.165) is 22.3 Å². The van der Waals surface area contributed by atoms with Crippen molar-refractivity contribution in [3.05, 3.63) is 59.7 Å². The van der Waals surface area contributed by atoms with Crippen LogP contribution in [0.1, 0.15) is 36.3 Å². The van der Waals surface area contributed by atoms with Crippen LogP contribution >= 0.6 is 0 Å². The van der Waals surface area contributed by atoms with Crippen molar-refractivity contribution in [3.63, 3.8) is 0 Å². The Kier molecular flexibility index (Phi) is 4.04. The van der Waals surface area contributed by atoms with E-state index in [2.05, 4.69) is 12.1 Å². The fraction of sp³-hybridized carbons (Fsp3) is 0.333. The van der Waals surface area contributed by atoms with Gasteiger partial charge < -0.3 is 15.6 Å². The fourth-order valence-electron chi connectivity index (χ4n) is 4.32. The van der Waals surface area contributed by atoms with Crippen LogP contribution in [0.4, 0.5) is 0 Å². The standard InChI is InChI=1S/C21H21NO4/c22-21(20(24)25)11-5-10-18(21)19(23)26-12-17-15-8-3-1-6-13(15)14-7-2-4-9-16(14)17/h1-4,6-9,17-18H,5,10-12,22H2,(H,24,25)/t18-,21+/m1/s1. The monoisotopic (exact) mass is 351 g/mol. The van der Waals surface area contributed by atoms with E-state index in [-0.39, 0.29) is 12.5 Å². The number of hydrogen-bond acceptors (Lipinski definition) is 4. The van der Waals surface area contributed by atoms with Gasteiger partial charge in [-0.05, 0) is 35.1 Å². The Labute approximate surface area is 151 Å². The van der Waals surface area contributed by atoms with E-state index in [1.165, 1.54) is 0 Å². The third-order valence-corrected chi connectivity index (χ3v) is 5.74. The lowest BCUT2D eigenvalue weighted by Crippen LogP contribution is -2.53. The molecular formula is C21H21NO4. The predicted octanol–water partition coefficient (Wildman–Crippen LogP) is 2.92. The fourth-order valence-corrected chi connectivity index (χ4v) is 4.32. The minimum atomic E-state index is -1.51. The van der Waals surface area contributed by atoms with Gasteiger partial charge in [0.2, 0.25) is 0 Å². The molecule has 0 spiro atoms. The first-order valence-electron chi connectivity index (χ1n) is 8.89. The quantitative estimate of drug-likeness (QED) is 0.827. The normalized spacial score (nSPS) is 24.1. The molecular weight excluding hydrogens is 330 g/mol. The second kappa shape index (κ2) is 6.25. The molecule has 2 aromatic rings. The van der Waals surface area contributed by atoms with Crippen LogP contribution in [0.3, 0.4) is 0 Å². The van der Waals surface area contributed by atoms with Gasteiger partial charge in [-0.2, -0.15) is 0 Å². The first kappa shape index (κ1) is 16.8. The number of carboxylic acid groups (broad SMARTS) is 1. The highest BCUT2D eigenvalue weighted by Crippen LogP contribution is 2.45. The van der Waals surface area contributed by atoms with E-state index in [1.54, 1.807) is 0 Å². The van der Waals surface area contributed by atoms with Gasteiger partial charge in [-0.3, -0.25) is 9.59 Å². The molecule has 0 bridgehead atoms. The minimum absolute atomic E-state index is 0.0373. The molecule has 0 unspecified atom stereocenters. The molecule has 5 nitrogen and oxygen atoms in total. The van der Waals surface area contributed by atoms with Gasteiger partial charge in [0.15, 0.2) is 0 Å². The number of rotatable bonds is 4. The zero-order chi connectivity index (χ0) is 18.3.